The highest BCUT2D eigenvalue weighted by molar-refractivity contribution is 6.32. The van der Waals surface area contributed by atoms with Gasteiger partial charge in [0.2, 0.25) is 5.95 Å². The molecule has 4 rings (SSSR count). The Morgan fingerprint density at radius 2 is 1.90 bits per heavy atom. The number of hydrogen-bond donors (Lipinski definition) is 3. The average Bonchev–Trinajstić information content (AvgIpc) is 3.17. The smallest absolute Gasteiger partial charge is 0.229 e. The third kappa shape index (κ3) is 4.97. The molecule has 9 heteroatoms. The van der Waals surface area contributed by atoms with Crippen molar-refractivity contribution in [3.8, 4) is 0 Å². The van der Waals surface area contributed by atoms with Gasteiger partial charge in [-0.25, -0.2) is 9.37 Å². The van der Waals surface area contributed by atoms with Gasteiger partial charge in [-0.15, -0.1) is 0 Å². The van der Waals surface area contributed by atoms with Gasteiger partial charge in [-0.05, 0) is 68.7 Å². The zero-order valence-electron chi connectivity index (χ0n) is 17.8. The Kier molecular flexibility index (Phi) is 6.38. The van der Waals surface area contributed by atoms with Gasteiger partial charge in [0.25, 0.3) is 0 Å². The molecular formula is C22H26ClFN6O. The Morgan fingerprint density at radius 3 is 2.58 bits per heavy atom. The summed E-state index contributed by atoms with van der Waals surface area (Å²) < 4.78 is 20.4. The first-order chi connectivity index (χ1) is 14.9. The molecular weight excluding hydrogens is 419 g/mol. The minimum Gasteiger partial charge on any atom is -0.381 e. The van der Waals surface area contributed by atoms with Crippen LogP contribution in [0.5, 0.6) is 0 Å². The summed E-state index contributed by atoms with van der Waals surface area (Å²) >= 11 is 6.20. The summed E-state index contributed by atoms with van der Waals surface area (Å²) in [5.41, 5.74) is 3.34. The van der Waals surface area contributed by atoms with Crippen LogP contribution < -0.4 is 10.6 Å². The summed E-state index contributed by atoms with van der Waals surface area (Å²) in [6, 6.07) is 5.28. The fourth-order valence-corrected chi connectivity index (χ4v) is 4.22. The van der Waals surface area contributed by atoms with Crippen LogP contribution in [0.4, 0.5) is 27.7 Å². The molecule has 0 spiro atoms. The van der Waals surface area contributed by atoms with Gasteiger partial charge in [0.1, 0.15) is 10.8 Å². The number of benzene rings is 1. The molecule has 0 bridgehead atoms. The molecule has 2 aromatic heterocycles. The van der Waals surface area contributed by atoms with Gasteiger partial charge >= 0.3 is 0 Å². The van der Waals surface area contributed by atoms with Crippen molar-refractivity contribution in [3.05, 3.63) is 52.1 Å². The van der Waals surface area contributed by atoms with E-state index in [4.69, 9.17) is 16.3 Å². The van der Waals surface area contributed by atoms with Crippen molar-refractivity contribution in [2.75, 3.05) is 17.7 Å². The fourth-order valence-electron chi connectivity index (χ4n) is 4.08. The van der Waals surface area contributed by atoms with E-state index >= 15 is 0 Å². The number of methoxy groups -OCH3 is 1. The molecule has 7 nitrogen and oxygen atoms in total. The number of aryl methyl sites for hydroxylation is 2. The topological polar surface area (TPSA) is 87.8 Å². The zero-order chi connectivity index (χ0) is 22.0. The summed E-state index contributed by atoms with van der Waals surface area (Å²) in [6.07, 6.45) is 5.81. The number of rotatable bonds is 6. The molecule has 0 atom stereocenters. The van der Waals surface area contributed by atoms with E-state index in [0.717, 1.165) is 42.5 Å². The van der Waals surface area contributed by atoms with Crippen LogP contribution >= 0.6 is 11.6 Å². The third-order valence-electron chi connectivity index (χ3n) is 5.75. The summed E-state index contributed by atoms with van der Waals surface area (Å²) in [6.45, 7) is 3.91. The van der Waals surface area contributed by atoms with Crippen LogP contribution in [0, 0.1) is 19.7 Å². The van der Waals surface area contributed by atoms with Gasteiger partial charge in [-0.2, -0.15) is 10.1 Å². The highest BCUT2D eigenvalue weighted by Gasteiger charge is 2.24. The van der Waals surface area contributed by atoms with E-state index in [-0.39, 0.29) is 11.8 Å². The molecule has 0 radical (unpaired) electrons. The average molecular weight is 445 g/mol. The monoisotopic (exact) mass is 444 g/mol. The highest BCUT2D eigenvalue weighted by Crippen LogP contribution is 2.37. The number of aromatic nitrogens is 4. The lowest BCUT2D eigenvalue weighted by Crippen LogP contribution is -2.20. The van der Waals surface area contributed by atoms with E-state index in [0.29, 0.717) is 34.4 Å². The van der Waals surface area contributed by atoms with E-state index in [1.54, 1.807) is 13.2 Å². The number of nitrogens with one attached hydrogen (secondary N) is 3. The molecule has 0 aliphatic heterocycles. The molecule has 3 aromatic rings. The molecule has 0 saturated heterocycles. The molecule has 0 unspecified atom stereocenters. The van der Waals surface area contributed by atoms with Crippen molar-refractivity contribution in [3.63, 3.8) is 0 Å². The van der Waals surface area contributed by atoms with Crippen molar-refractivity contribution >= 4 is 34.9 Å². The summed E-state index contributed by atoms with van der Waals surface area (Å²) in [4.78, 5) is 8.55. The maximum atomic E-state index is 14.9. The number of aromatic amines is 1. The first-order valence-corrected chi connectivity index (χ1v) is 10.7. The van der Waals surface area contributed by atoms with Crippen LogP contribution in [-0.4, -0.2) is 33.4 Å². The van der Waals surface area contributed by atoms with E-state index in [9.17, 15) is 4.39 Å². The molecule has 164 valence electrons. The lowest BCUT2D eigenvalue weighted by Gasteiger charge is -2.29. The number of ether oxygens (including phenoxy) is 1. The Labute approximate surface area is 185 Å². The van der Waals surface area contributed by atoms with Crippen LogP contribution in [0.2, 0.25) is 5.02 Å². The minimum atomic E-state index is -0.328. The Balaban J connectivity index is 1.51. The molecule has 3 N–H and O–H groups in total. The van der Waals surface area contributed by atoms with E-state index < -0.39 is 0 Å². The number of hydrogen-bond acceptors (Lipinski definition) is 6. The van der Waals surface area contributed by atoms with Crippen LogP contribution in [-0.2, 0) is 4.74 Å². The highest BCUT2D eigenvalue weighted by atomic mass is 35.5. The van der Waals surface area contributed by atoms with Crippen molar-refractivity contribution < 1.29 is 9.13 Å². The summed E-state index contributed by atoms with van der Waals surface area (Å²) in [5.74, 6) is 1.24. The Hall–Kier alpha value is -2.71. The molecule has 1 saturated carbocycles. The Morgan fingerprint density at radius 1 is 1.13 bits per heavy atom. The SMILES string of the molecule is COC1CCC(c2cc(F)c(Nc3ncc(Cl)c(Nc4cc(C)[nH]n4)n3)cc2C)CC1. The van der Waals surface area contributed by atoms with Crippen molar-refractivity contribution in [1.29, 1.82) is 0 Å². The Bertz CT molecular complexity index is 1060. The van der Waals surface area contributed by atoms with Crippen LogP contribution in [0.1, 0.15) is 48.4 Å². The second-order valence-corrected chi connectivity index (χ2v) is 8.38. The maximum absolute atomic E-state index is 14.9. The maximum Gasteiger partial charge on any atom is 0.229 e. The van der Waals surface area contributed by atoms with Gasteiger partial charge in [0.05, 0.1) is 18.0 Å². The molecule has 1 aliphatic carbocycles. The first-order valence-electron chi connectivity index (χ1n) is 10.3. The fraction of sp³-hybridized carbons (Fsp3) is 0.409. The van der Waals surface area contributed by atoms with Crippen LogP contribution in [0.15, 0.2) is 24.4 Å². The third-order valence-corrected chi connectivity index (χ3v) is 6.02. The van der Waals surface area contributed by atoms with Gasteiger partial charge in [-0.3, -0.25) is 5.10 Å². The second-order valence-electron chi connectivity index (χ2n) is 7.97. The molecule has 2 heterocycles. The predicted octanol–water partition coefficient (Wildman–Crippen LogP) is 5.77. The lowest BCUT2D eigenvalue weighted by atomic mass is 9.81. The normalized spacial score (nSPS) is 18.7. The van der Waals surface area contributed by atoms with Crippen molar-refractivity contribution in [1.82, 2.24) is 20.2 Å². The standard InChI is InChI=1S/C22H26ClFN6O/c1-12-8-19(18(24)10-16(12)14-4-6-15(31-3)7-5-14)26-22-25-11-17(23)21(28-22)27-20-9-13(2)29-30-20/h8-11,14-15H,4-7H2,1-3H3,(H3,25,26,27,28,29,30). The predicted molar refractivity (Wildman–Crippen MR) is 120 cm³/mol. The van der Waals surface area contributed by atoms with Gasteiger partial charge < -0.3 is 15.4 Å². The number of nitrogens with zero attached hydrogens (tertiary/aromatic N) is 3. The molecule has 31 heavy (non-hydrogen) atoms. The molecule has 1 aliphatic rings. The molecule has 0 amide bonds. The van der Waals surface area contributed by atoms with Crippen LogP contribution in [0.25, 0.3) is 0 Å². The molecule has 1 aromatic carbocycles. The van der Waals surface area contributed by atoms with E-state index in [2.05, 4.69) is 30.8 Å². The van der Waals surface area contributed by atoms with Gasteiger partial charge in [0.15, 0.2) is 11.6 Å². The quantitative estimate of drug-likeness (QED) is 0.447. The first kappa shape index (κ1) is 21.5. The largest absolute Gasteiger partial charge is 0.381 e. The van der Waals surface area contributed by atoms with Crippen molar-refractivity contribution in [2.24, 2.45) is 0 Å². The summed E-state index contributed by atoms with van der Waals surface area (Å²) in [5, 5.41) is 13.3. The lowest BCUT2D eigenvalue weighted by molar-refractivity contribution is 0.0658. The van der Waals surface area contributed by atoms with Crippen LogP contribution in [0.3, 0.4) is 0 Å². The zero-order valence-corrected chi connectivity index (χ0v) is 18.6. The number of anilines is 4. The van der Waals surface area contributed by atoms with Crippen molar-refractivity contribution in [2.45, 2.75) is 51.6 Å². The van der Waals surface area contributed by atoms with E-state index in [1.165, 1.54) is 6.20 Å². The van der Waals surface area contributed by atoms with Gasteiger partial charge in [-0.1, -0.05) is 11.6 Å². The van der Waals surface area contributed by atoms with E-state index in [1.807, 2.05) is 26.0 Å². The number of H-pyrrole nitrogens is 1. The summed E-state index contributed by atoms with van der Waals surface area (Å²) in [7, 11) is 1.76. The molecule has 1 fully saturated rings. The second kappa shape index (κ2) is 9.20. The van der Waals surface area contributed by atoms with Gasteiger partial charge in [0, 0.05) is 18.9 Å². The minimum absolute atomic E-state index is 0.241. The number of halogens is 2.